The standard InChI is InChI=1S/C9H13BrOS/c1-2-3-4-9(11)7-5-12-6-8(7)10/h5-6,9,11H,2-4H2,1H3. The molecule has 0 bridgehead atoms. The van der Waals surface area contributed by atoms with Crippen molar-refractivity contribution in [3.8, 4) is 0 Å². The molecule has 0 amide bonds. The van der Waals surface area contributed by atoms with E-state index in [0.29, 0.717) is 0 Å². The Labute approximate surface area is 85.6 Å². The maximum Gasteiger partial charge on any atom is 0.0809 e. The molecule has 0 saturated heterocycles. The van der Waals surface area contributed by atoms with Gasteiger partial charge in [0.15, 0.2) is 0 Å². The molecule has 0 radical (unpaired) electrons. The summed E-state index contributed by atoms with van der Waals surface area (Å²) in [5, 5.41) is 13.7. The summed E-state index contributed by atoms with van der Waals surface area (Å²) in [6.45, 7) is 2.13. The second kappa shape index (κ2) is 5.00. The fraction of sp³-hybridized carbons (Fsp3) is 0.556. The molecule has 0 saturated carbocycles. The summed E-state index contributed by atoms with van der Waals surface area (Å²) < 4.78 is 1.04. The predicted molar refractivity (Wildman–Crippen MR) is 56.5 cm³/mol. The van der Waals surface area contributed by atoms with Gasteiger partial charge in [-0.3, -0.25) is 0 Å². The smallest absolute Gasteiger partial charge is 0.0809 e. The quantitative estimate of drug-likeness (QED) is 0.861. The van der Waals surface area contributed by atoms with Crippen LogP contribution in [0.3, 0.4) is 0 Å². The Bertz CT molecular complexity index is 234. The van der Waals surface area contributed by atoms with Crippen LogP contribution in [0.25, 0.3) is 0 Å². The zero-order chi connectivity index (χ0) is 8.97. The van der Waals surface area contributed by atoms with Gasteiger partial charge in [0.05, 0.1) is 6.10 Å². The van der Waals surface area contributed by atoms with Crippen molar-refractivity contribution in [2.75, 3.05) is 0 Å². The highest BCUT2D eigenvalue weighted by atomic mass is 79.9. The van der Waals surface area contributed by atoms with Gasteiger partial charge in [-0.1, -0.05) is 19.8 Å². The van der Waals surface area contributed by atoms with Crippen LogP contribution in [0.2, 0.25) is 0 Å². The molecule has 1 aromatic heterocycles. The number of halogens is 1. The Kier molecular flexibility index (Phi) is 4.26. The molecule has 0 aliphatic rings. The Morgan fingerprint density at radius 1 is 1.58 bits per heavy atom. The van der Waals surface area contributed by atoms with E-state index in [1.807, 2.05) is 10.8 Å². The van der Waals surface area contributed by atoms with Gasteiger partial charge in [-0.2, -0.15) is 11.3 Å². The van der Waals surface area contributed by atoms with Crippen molar-refractivity contribution in [2.24, 2.45) is 0 Å². The molecular weight excluding hydrogens is 236 g/mol. The van der Waals surface area contributed by atoms with E-state index >= 15 is 0 Å². The molecule has 1 heterocycles. The van der Waals surface area contributed by atoms with Crippen molar-refractivity contribution in [2.45, 2.75) is 32.3 Å². The third kappa shape index (κ3) is 2.57. The van der Waals surface area contributed by atoms with Crippen LogP contribution < -0.4 is 0 Å². The first kappa shape index (κ1) is 10.2. The molecule has 0 aliphatic heterocycles. The van der Waals surface area contributed by atoms with Gasteiger partial charge in [0, 0.05) is 15.4 Å². The number of rotatable bonds is 4. The van der Waals surface area contributed by atoms with E-state index in [9.17, 15) is 5.11 Å². The molecule has 3 heteroatoms. The number of thiophene rings is 1. The lowest BCUT2D eigenvalue weighted by Gasteiger charge is -2.08. The number of aliphatic hydroxyl groups excluding tert-OH is 1. The summed E-state index contributed by atoms with van der Waals surface area (Å²) >= 11 is 5.03. The van der Waals surface area contributed by atoms with E-state index in [1.165, 1.54) is 0 Å². The van der Waals surface area contributed by atoms with Gasteiger partial charge in [-0.25, -0.2) is 0 Å². The van der Waals surface area contributed by atoms with Crippen LogP contribution in [-0.4, -0.2) is 5.11 Å². The molecule has 1 atom stereocenters. The first-order chi connectivity index (χ1) is 5.75. The molecule has 0 aliphatic carbocycles. The molecule has 0 spiro atoms. The van der Waals surface area contributed by atoms with Crippen LogP contribution in [0.4, 0.5) is 0 Å². The van der Waals surface area contributed by atoms with E-state index in [-0.39, 0.29) is 6.10 Å². The van der Waals surface area contributed by atoms with Gasteiger partial charge >= 0.3 is 0 Å². The molecule has 1 unspecified atom stereocenters. The third-order valence-corrected chi connectivity index (χ3v) is 3.58. The van der Waals surface area contributed by atoms with Gasteiger partial charge < -0.3 is 5.11 Å². The molecular formula is C9H13BrOS. The van der Waals surface area contributed by atoms with Crippen molar-refractivity contribution in [1.82, 2.24) is 0 Å². The number of hydrogen-bond donors (Lipinski definition) is 1. The van der Waals surface area contributed by atoms with Crippen molar-refractivity contribution in [1.29, 1.82) is 0 Å². The van der Waals surface area contributed by atoms with Crippen LogP contribution in [0, 0.1) is 0 Å². The number of aliphatic hydroxyl groups is 1. The maximum atomic E-state index is 9.70. The van der Waals surface area contributed by atoms with Crippen LogP contribution >= 0.6 is 27.3 Å². The van der Waals surface area contributed by atoms with Crippen LogP contribution in [0.5, 0.6) is 0 Å². The van der Waals surface area contributed by atoms with Gasteiger partial charge in [0.25, 0.3) is 0 Å². The largest absolute Gasteiger partial charge is 0.388 e. The average molecular weight is 249 g/mol. The summed E-state index contributed by atoms with van der Waals surface area (Å²) in [6.07, 6.45) is 2.80. The SMILES string of the molecule is CCCCC(O)c1cscc1Br. The van der Waals surface area contributed by atoms with E-state index in [4.69, 9.17) is 0 Å². The van der Waals surface area contributed by atoms with Crippen LogP contribution in [0.1, 0.15) is 37.9 Å². The highest BCUT2D eigenvalue weighted by Gasteiger charge is 2.10. The lowest BCUT2D eigenvalue weighted by Crippen LogP contribution is -1.95. The fourth-order valence-corrected chi connectivity index (χ4v) is 2.69. The van der Waals surface area contributed by atoms with Gasteiger partial charge in [-0.15, -0.1) is 0 Å². The highest BCUT2D eigenvalue weighted by molar-refractivity contribution is 9.10. The van der Waals surface area contributed by atoms with Crippen LogP contribution in [-0.2, 0) is 0 Å². The zero-order valence-corrected chi connectivity index (χ0v) is 9.49. The monoisotopic (exact) mass is 248 g/mol. The Morgan fingerprint density at radius 3 is 2.83 bits per heavy atom. The molecule has 1 N–H and O–H groups in total. The number of hydrogen-bond acceptors (Lipinski definition) is 2. The average Bonchev–Trinajstić information content (AvgIpc) is 2.47. The molecule has 1 nitrogen and oxygen atoms in total. The minimum Gasteiger partial charge on any atom is -0.388 e. The second-order valence-electron chi connectivity index (χ2n) is 2.83. The normalized spacial score (nSPS) is 13.2. The highest BCUT2D eigenvalue weighted by Crippen LogP contribution is 2.29. The summed E-state index contributed by atoms with van der Waals surface area (Å²) in [5.41, 5.74) is 1.04. The van der Waals surface area contributed by atoms with Gasteiger partial charge in [0.1, 0.15) is 0 Å². The topological polar surface area (TPSA) is 20.2 Å². The van der Waals surface area contributed by atoms with Gasteiger partial charge in [0.2, 0.25) is 0 Å². The van der Waals surface area contributed by atoms with E-state index in [2.05, 4.69) is 22.9 Å². The van der Waals surface area contributed by atoms with Crippen molar-refractivity contribution < 1.29 is 5.11 Å². The van der Waals surface area contributed by atoms with Crippen LogP contribution in [0.15, 0.2) is 15.2 Å². The minimum absolute atomic E-state index is 0.287. The van der Waals surface area contributed by atoms with Gasteiger partial charge in [-0.05, 0) is 27.7 Å². The summed E-state index contributed by atoms with van der Waals surface area (Å²) in [4.78, 5) is 0. The minimum atomic E-state index is -0.287. The van der Waals surface area contributed by atoms with E-state index in [0.717, 1.165) is 29.3 Å². The van der Waals surface area contributed by atoms with Crippen molar-refractivity contribution >= 4 is 27.3 Å². The van der Waals surface area contributed by atoms with Crippen molar-refractivity contribution in [3.63, 3.8) is 0 Å². The molecule has 0 fully saturated rings. The first-order valence-electron chi connectivity index (χ1n) is 4.15. The Hall–Kier alpha value is 0.140. The second-order valence-corrected chi connectivity index (χ2v) is 4.43. The number of unbranched alkanes of at least 4 members (excludes halogenated alkanes) is 1. The molecule has 1 aromatic rings. The maximum absolute atomic E-state index is 9.70. The Morgan fingerprint density at radius 2 is 2.33 bits per heavy atom. The Balaban J connectivity index is 2.52. The molecule has 12 heavy (non-hydrogen) atoms. The molecule has 0 aromatic carbocycles. The summed E-state index contributed by atoms with van der Waals surface area (Å²) in [6, 6.07) is 0. The van der Waals surface area contributed by atoms with Crippen molar-refractivity contribution in [3.05, 3.63) is 20.8 Å². The van der Waals surface area contributed by atoms with E-state index < -0.39 is 0 Å². The lowest BCUT2D eigenvalue weighted by atomic mass is 10.1. The first-order valence-corrected chi connectivity index (χ1v) is 5.89. The summed E-state index contributed by atoms with van der Waals surface area (Å²) in [5.74, 6) is 0. The third-order valence-electron chi connectivity index (χ3n) is 1.83. The fourth-order valence-electron chi connectivity index (χ4n) is 1.08. The molecule has 1 rings (SSSR count). The zero-order valence-electron chi connectivity index (χ0n) is 7.09. The van der Waals surface area contributed by atoms with E-state index in [1.54, 1.807) is 11.3 Å². The predicted octanol–water partition coefficient (Wildman–Crippen LogP) is 3.73. The molecule has 68 valence electrons. The lowest BCUT2D eigenvalue weighted by molar-refractivity contribution is 0.164. The summed E-state index contributed by atoms with van der Waals surface area (Å²) in [7, 11) is 0.